The van der Waals surface area contributed by atoms with Gasteiger partial charge in [0.15, 0.2) is 5.78 Å². The quantitative estimate of drug-likeness (QED) is 0.781. The molecular weight excluding hydrogens is 269 g/mol. The third kappa shape index (κ3) is 2.89. The molecule has 1 heterocycles. The zero-order valence-corrected chi connectivity index (χ0v) is 11.2. The molecule has 0 aliphatic rings. The van der Waals surface area contributed by atoms with Crippen LogP contribution in [0.2, 0.25) is 10.0 Å². The summed E-state index contributed by atoms with van der Waals surface area (Å²) in [6, 6.07) is 8.53. The first kappa shape index (κ1) is 13.1. The highest BCUT2D eigenvalue weighted by molar-refractivity contribution is 6.35. The molecule has 0 radical (unpaired) electrons. The largest absolute Gasteiger partial charge is 0.294 e. The highest BCUT2D eigenvalue weighted by Crippen LogP contribution is 2.24. The predicted molar refractivity (Wildman–Crippen MR) is 73.4 cm³/mol. The summed E-state index contributed by atoms with van der Waals surface area (Å²) in [5, 5.41) is 0.931. The molecule has 1 aromatic carbocycles. The van der Waals surface area contributed by atoms with Crippen LogP contribution in [0.4, 0.5) is 0 Å². The van der Waals surface area contributed by atoms with Crippen LogP contribution in [-0.2, 0) is 0 Å². The lowest BCUT2D eigenvalue weighted by molar-refractivity contribution is 0.0966. The number of halogens is 2. The summed E-state index contributed by atoms with van der Waals surface area (Å²) >= 11 is 11.8. The first-order valence-electron chi connectivity index (χ1n) is 5.48. The van der Waals surface area contributed by atoms with Crippen molar-refractivity contribution in [1.29, 1.82) is 0 Å². The molecule has 0 spiro atoms. The minimum absolute atomic E-state index is 0.00870. The van der Waals surface area contributed by atoms with Crippen LogP contribution in [0, 0.1) is 0 Å². The molecule has 0 aliphatic heterocycles. The molecule has 0 saturated heterocycles. The minimum Gasteiger partial charge on any atom is -0.294 e. The van der Waals surface area contributed by atoms with Gasteiger partial charge < -0.3 is 0 Å². The number of hydrogen-bond donors (Lipinski definition) is 0. The lowest BCUT2D eigenvalue weighted by Crippen LogP contribution is -2.09. The molecule has 2 nitrogen and oxygen atoms in total. The van der Waals surface area contributed by atoms with Crippen molar-refractivity contribution in [1.82, 2.24) is 4.98 Å². The predicted octanol–water partition coefficient (Wildman–Crippen LogP) is 4.37. The molecule has 1 atom stereocenters. The van der Waals surface area contributed by atoms with E-state index < -0.39 is 0 Å². The second-order valence-corrected chi connectivity index (χ2v) is 4.90. The van der Waals surface area contributed by atoms with Crippen LogP contribution in [0.5, 0.6) is 0 Å². The van der Waals surface area contributed by atoms with Gasteiger partial charge in [-0.2, -0.15) is 0 Å². The van der Waals surface area contributed by atoms with Gasteiger partial charge in [0.25, 0.3) is 0 Å². The number of hydrogen-bond acceptors (Lipinski definition) is 2. The SMILES string of the molecule is CC(C(=O)c1cc(Cl)cc(Cl)c1)c1ccncc1. The lowest BCUT2D eigenvalue weighted by Gasteiger charge is -2.11. The van der Waals surface area contributed by atoms with Gasteiger partial charge in [-0.3, -0.25) is 9.78 Å². The third-order valence-corrected chi connectivity index (χ3v) is 3.18. The Kier molecular flexibility index (Phi) is 4.00. The Morgan fingerprint density at radius 3 is 2.22 bits per heavy atom. The first-order chi connectivity index (χ1) is 8.58. The van der Waals surface area contributed by atoms with Gasteiger partial charge in [0.2, 0.25) is 0 Å². The van der Waals surface area contributed by atoms with Crippen LogP contribution >= 0.6 is 23.2 Å². The van der Waals surface area contributed by atoms with Crippen molar-refractivity contribution in [2.24, 2.45) is 0 Å². The van der Waals surface area contributed by atoms with Crippen LogP contribution in [0.15, 0.2) is 42.7 Å². The highest BCUT2D eigenvalue weighted by atomic mass is 35.5. The van der Waals surface area contributed by atoms with Gasteiger partial charge in [-0.1, -0.05) is 30.1 Å². The zero-order chi connectivity index (χ0) is 13.1. The van der Waals surface area contributed by atoms with E-state index in [4.69, 9.17) is 23.2 Å². The van der Waals surface area contributed by atoms with Crippen molar-refractivity contribution >= 4 is 29.0 Å². The number of benzene rings is 1. The number of aromatic nitrogens is 1. The van der Waals surface area contributed by atoms with E-state index in [9.17, 15) is 4.79 Å². The van der Waals surface area contributed by atoms with Gasteiger partial charge in [0.05, 0.1) is 0 Å². The molecule has 0 amide bonds. The van der Waals surface area contributed by atoms with Crippen LogP contribution in [0.3, 0.4) is 0 Å². The van der Waals surface area contributed by atoms with E-state index in [2.05, 4.69) is 4.98 Å². The molecule has 0 aliphatic carbocycles. The Morgan fingerprint density at radius 2 is 1.67 bits per heavy atom. The van der Waals surface area contributed by atoms with Gasteiger partial charge in [0, 0.05) is 33.9 Å². The molecule has 1 unspecified atom stereocenters. The summed E-state index contributed by atoms with van der Waals surface area (Å²) in [6.45, 7) is 1.85. The third-order valence-electron chi connectivity index (χ3n) is 2.75. The van der Waals surface area contributed by atoms with E-state index in [1.807, 2.05) is 19.1 Å². The molecule has 4 heteroatoms. The van der Waals surface area contributed by atoms with E-state index in [0.29, 0.717) is 15.6 Å². The highest BCUT2D eigenvalue weighted by Gasteiger charge is 2.17. The van der Waals surface area contributed by atoms with E-state index in [0.717, 1.165) is 5.56 Å². The molecule has 2 rings (SSSR count). The maximum Gasteiger partial charge on any atom is 0.170 e. The number of ketones is 1. The Labute approximate surface area is 116 Å². The summed E-state index contributed by atoms with van der Waals surface area (Å²) in [5.74, 6) is -0.256. The zero-order valence-electron chi connectivity index (χ0n) is 9.73. The van der Waals surface area contributed by atoms with Crippen LogP contribution < -0.4 is 0 Å². The second-order valence-electron chi connectivity index (χ2n) is 4.02. The fraction of sp³-hybridized carbons (Fsp3) is 0.143. The molecule has 0 saturated carbocycles. The lowest BCUT2D eigenvalue weighted by atomic mass is 9.93. The molecule has 92 valence electrons. The number of carbonyl (C=O) groups is 1. The number of Topliss-reactive ketones (excluding diaryl/α,β-unsaturated/α-hetero) is 1. The number of carbonyl (C=O) groups excluding carboxylic acids is 1. The van der Waals surface area contributed by atoms with E-state index in [1.54, 1.807) is 30.6 Å². The average molecular weight is 280 g/mol. The number of nitrogens with zero attached hydrogens (tertiary/aromatic N) is 1. The summed E-state index contributed by atoms with van der Waals surface area (Å²) in [7, 11) is 0. The van der Waals surface area contributed by atoms with Crippen molar-refractivity contribution in [2.75, 3.05) is 0 Å². The van der Waals surface area contributed by atoms with Crippen LogP contribution in [-0.4, -0.2) is 10.8 Å². The number of pyridine rings is 1. The number of rotatable bonds is 3. The topological polar surface area (TPSA) is 30.0 Å². The standard InChI is InChI=1S/C14H11Cl2NO/c1-9(10-2-4-17-5-3-10)14(18)11-6-12(15)8-13(16)7-11/h2-9H,1H3. The summed E-state index contributed by atoms with van der Waals surface area (Å²) < 4.78 is 0. The molecule has 0 N–H and O–H groups in total. The van der Waals surface area contributed by atoms with E-state index in [1.165, 1.54) is 0 Å². The Hall–Kier alpha value is -1.38. The van der Waals surface area contributed by atoms with Gasteiger partial charge in [-0.05, 0) is 35.9 Å². The van der Waals surface area contributed by atoms with Crippen molar-refractivity contribution in [2.45, 2.75) is 12.8 Å². The van der Waals surface area contributed by atoms with Crippen molar-refractivity contribution in [3.8, 4) is 0 Å². The molecular formula is C14H11Cl2NO. The van der Waals surface area contributed by atoms with Gasteiger partial charge in [0.1, 0.15) is 0 Å². The summed E-state index contributed by atoms with van der Waals surface area (Å²) in [6.07, 6.45) is 3.34. The molecule has 0 fully saturated rings. The van der Waals surface area contributed by atoms with Gasteiger partial charge in [-0.15, -0.1) is 0 Å². The monoisotopic (exact) mass is 279 g/mol. The average Bonchev–Trinajstić information content (AvgIpc) is 2.37. The van der Waals surface area contributed by atoms with E-state index in [-0.39, 0.29) is 11.7 Å². The second kappa shape index (κ2) is 5.51. The first-order valence-corrected chi connectivity index (χ1v) is 6.24. The summed E-state index contributed by atoms with van der Waals surface area (Å²) in [4.78, 5) is 16.2. The smallest absolute Gasteiger partial charge is 0.170 e. The van der Waals surface area contributed by atoms with Crippen LogP contribution in [0.1, 0.15) is 28.8 Å². The maximum atomic E-state index is 12.3. The maximum absolute atomic E-state index is 12.3. The van der Waals surface area contributed by atoms with Gasteiger partial charge in [-0.25, -0.2) is 0 Å². The summed E-state index contributed by atoms with van der Waals surface area (Å²) in [5.41, 5.74) is 1.45. The minimum atomic E-state index is -0.248. The van der Waals surface area contributed by atoms with E-state index >= 15 is 0 Å². The fourth-order valence-electron chi connectivity index (χ4n) is 1.75. The molecule has 2 aromatic rings. The Bertz CT molecular complexity index is 549. The molecule has 18 heavy (non-hydrogen) atoms. The molecule has 1 aromatic heterocycles. The van der Waals surface area contributed by atoms with Crippen molar-refractivity contribution in [3.05, 3.63) is 63.9 Å². The van der Waals surface area contributed by atoms with Crippen LogP contribution in [0.25, 0.3) is 0 Å². The van der Waals surface area contributed by atoms with Crippen molar-refractivity contribution in [3.63, 3.8) is 0 Å². The normalized spacial score (nSPS) is 12.2. The Balaban J connectivity index is 2.31. The Morgan fingerprint density at radius 1 is 1.11 bits per heavy atom. The molecule has 0 bridgehead atoms. The fourth-order valence-corrected chi connectivity index (χ4v) is 2.28. The van der Waals surface area contributed by atoms with Crippen molar-refractivity contribution < 1.29 is 4.79 Å². The van der Waals surface area contributed by atoms with Gasteiger partial charge >= 0.3 is 0 Å².